The maximum Gasteiger partial charge on any atom is 1.00 e. The Balaban J connectivity index is 0.00000533. The minimum atomic E-state index is -1.34. The van der Waals surface area contributed by atoms with Crippen LogP contribution in [0.2, 0.25) is 0 Å². The number of unbranched alkanes of at least 4 members (excludes halogenated alkanes) is 5. The summed E-state index contributed by atoms with van der Waals surface area (Å²) in [6, 6.07) is 18.6. The van der Waals surface area contributed by atoms with Gasteiger partial charge in [-0.1, -0.05) is 43.9 Å². The van der Waals surface area contributed by atoms with Crippen LogP contribution in [0.15, 0.2) is 71.6 Å². The summed E-state index contributed by atoms with van der Waals surface area (Å²) in [5.41, 5.74) is 8.59. The van der Waals surface area contributed by atoms with Gasteiger partial charge >= 0.3 is 18.9 Å². The number of pyridine rings is 1. The van der Waals surface area contributed by atoms with Crippen molar-refractivity contribution in [2.75, 3.05) is 19.5 Å². The van der Waals surface area contributed by atoms with E-state index in [-0.39, 0.29) is 24.6 Å². The Hall–Kier alpha value is -3.05. The number of ether oxygens (including phenoxy) is 2. The number of anilines is 1. The van der Waals surface area contributed by atoms with Crippen LogP contribution in [-0.2, 0) is 27.8 Å². The molecule has 1 atom stereocenters. The molecule has 0 aliphatic carbocycles. The molecule has 39 heavy (non-hydrogen) atoms. The van der Waals surface area contributed by atoms with Gasteiger partial charge in [0.15, 0.2) is 0 Å². The van der Waals surface area contributed by atoms with E-state index in [1.165, 1.54) is 24.5 Å². The van der Waals surface area contributed by atoms with Crippen LogP contribution in [0.4, 0.5) is 5.69 Å². The Labute approximate surface area is 245 Å². The fourth-order valence-corrected chi connectivity index (χ4v) is 5.05. The fourth-order valence-electron chi connectivity index (χ4n) is 3.96. The van der Waals surface area contributed by atoms with Crippen LogP contribution in [0.3, 0.4) is 0 Å². The molecule has 202 valence electrons. The van der Waals surface area contributed by atoms with E-state index in [1.807, 2.05) is 12.1 Å². The van der Waals surface area contributed by atoms with Crippen molar-refractivity contribution in [1.82, 2.24) is 4.98 Å². The quantitative estimate of drug-likeness (QED) is 0.127. The topological polar surface area (TPSA) is 115 Å². The molecule has 0 bridgehead atoms. The van der Waals surface area contributed by atoms with E-state index in [4.69, 9.17) is 15.2 Å². The summed E-state index contributed by atoms with van der Waals surface area (Å²) in [7, 11) is 0.338. The molecule has 0 aliphatic heterocycles. The molecule has 0 saturated heterocycles. The van der Waals surface area contributed by atoms with Crippen molar-refractivity contribution in [2.24, 2.45) is 0 Å². The number of carboxylic acids is 1. The average Bonchev–Trinajstić information content (AvgIpc) is 2.92. The summed E-state index contributed by atoms with van der Waals surface area (Å²) in [5, 5.41) is 10.9. The molecule has 2 aromatic carbocycles. The van der Waals surface area contributed by atoms with E-state index in [0.717, 1.165) is 43.9 Å². The molecule has 1 heterocycles. The maximum absolute atomic E-state index is 12.7. The predicted molar refractivity (Wildman–Crippen MR) is 149 cm³/mol. The van der Waals surface area contributed by atoms with Gasteiger partial charge < -0.3 is 25.1 Å². The molecule has 3 rings (SSSR count). The molecule has 1 unspecified atom stereocenters. The first kappa shape index (κ1) is 32.2. The van der Waals surface area contributed by atoms with Gasteiger partial charge in [0.2, 0.25) is 0 Å². The number of hydrogen-bond acceptors (Lipinski definition) is 7. The number of aliphatic carboxylic acids is 1. The number of carbonyl (C=O) groups excluding carboxylic acids is 1. The number of methoxy groups -OCH3 is 1. The molecule has 0 saturated carbocycles. The molecular weight excluding hydrogens is 507 g/mol. The minimum absolute atomic E-state index is 0. The van der Waals surface area contributed by atoms with E-state index in [1.54, 1.807) is 43.5 Å². The van der Waals surface area contributed by atoms with E-state index in [2.05, 4.69) is 17.1 Å². The second-order valence-corrected chi connectivity index (χ2v) is 10.4. The zero-order valence-corrected chi connectivity index (χ0v) is 23.6. The number of aryl methyl sites for hydroxylation is 1. The second-order valence-electron chi connectivity index (χ2n) is 8.97. The van der Waals surface area contributed by atoms with Crippen LogP contribution in [0.25, 0.3) is 6.08 Å². The van der Waals surface area contributed by atoms with Crippen LogP contribution >= 0.6 is 0 Å². The van der Waals surface area contributed by atoms with E-state index < -0.39 is 16.8 Å². The Morgan fingerprint density at radius 2 is 1.72 bits per heavy atom. The van der Waals surface area contributed by atoms with Gasteiger partial charge in [0.25, 0.3) is 0 Å². The zero-order chi connectivity index (χ0) is 27.2. The third kappa shape index (κ3) is 11.7. The van der Waals surface area contributed by atoms with Crippen LogP contribution in [0.1, 0.15) is 55.5 Å². The number of carbonyl (C=O) groups is 1. The monoisotopic (exact) mass is 542 g/mol. The van der Waals surface area contributed by atoms with Crippen molar-refractivity contribution >= 4 is 28.5 Å². The SMILES string of the molecule is COc1ccc(CCCCCCCCOc2ccc(CS(=O)c3cccc(N)c3)nc2/C=C/C(=O)[O-])cc1.[Li+]. The number of carboxylic acid groups (broad SMARTS) is 1. The van der Waals surface area contributed by atoms with Gasteiger partial charge in [-0.05, 0) is 79.4 Å². The molecule has 0 fully saturated rings. The molecule has 7 nitrogen and oxygen atoms in total. The van der Waals surface area contributed by atoms with Gasteiger partial charge in [-0.2, -0.15) is 0 Å². The van der Waals surface area contributed by atoms with Crippen molar-refractivity contribution < 1.29 is 42.4 Å². The van der Waals surface area contributed by atoms with E-state index in [0.29, 0.717) is 34.3 Å². The molecule has 3 aromatic rings. The number of nitrogens with zero attached hydrogens (tertiary/aromatic N) is 1. The van der Waals surface area contributed by atoms with Crippen molar-refractivity contribution in [3.8, 4) is 11.5 Å². The molecule has 0 amide bonds. The van der Waals surface area contributed by atoms with Gasteiger partial charge in [0, 0.05) is 10.6 Å². The second kappa shape index (κ2) is 17.5. The van der Waals surface area contributed by atoms with E-state index >= 15 is 0 Å². The first-order valence-electron chi connectivity index (χ1n) is 12.8. The van der Waals surface area contributed by atoms with Crippen LogP contribution in [0.5, 0.6) is 11.5 Å². The summed E-state index contributed by atoms with van der Waals surface area (Å²) in [5.74, 6) is 0.225. The zero-order valence-electron chi connectivity index (χ0n) is 22.8. The van der Waals surface area contributed by atoms with Gasteiger partial charge in [-0.25, -0.2) is 4.98 Å². The smallest absolute Gasteiger partial charge is 0.545 e. The number of aromatic nitrogens is 1. The van der Waals surface area contributed by atoms with Crippen LogP contribution in [-0.4, -0.2) is 28.9 Å². The Morgan fingerprint density at radius 1 is 1.00 bits per heavy atom. The summed E-state index contributed by atoms with van der Waals surface area (Å²) < 4.78 is 23.8. The summed E-state index contributed by atoms with van der Waals surface area (Å²) in [4.78, 5) is 16.0. The third-order valence-electron chi connectivity index (χ3n) is 6.00. The first-order valence-corrected chi connectivity index (χ1v) is 14.1. The first-order chi connectivity index (χ1) is 18.4. The Bertz CT molecular complexity index is 1230. The Kier molecular flexibility index (Phi) is 14.4. The fraction of sp³-hybridized carbons (Fsp3) is 0.333. The summed E-state index contributed by atoms with van der Waals surface area (Å²) >= 11 is 0. The molecule has 1 aromatic heterocycles. The van der Waals surface area contributed by atoms with Crippen molar-refractivity contribution in [1.29, 1.82) is 0 Å². The maximum atomic E-state index is 12.7. The minimum Gasteiger partial charge on any atom is -0.545 e. The standard InChI is InChI=1S/C30H36N2O5S.Li/c1-36-26-15-12-23(13-16-26)9-6-4-2-3-5-7-20-37-29-18-14-25(32-28(29)17-19-30(33)34)22-38(35)27-11-8-10-24(31)21-27;/h8,10-19,21H,2-7,9,20,22,31H2,1H3,(H,33,34);/q;+1/p-1/b19-17+;. The molecule has 0 spiro atoms. The normalized spacial score (nSPS) is 11.6. The van der Waals surface area contributed by atoms with Crippen LogP contribution < -0.4 is 39.2 Å². The molecule has 2 N–H and O–H groups in total. The van der Waals surface area contributed by atoms with Crippen molar-refractivity contribution in [2.45, 2.75) is 55.6 Å². The number of nitrogens with two attached hydrogens (primary N) is 1. The Morgan fingerprint density at radius 3 is 2.41 bits per heavy atom. The summed E-state index contributed by atoms with van der Waals surface area (Å²) in [6.45, 7) is 0.508. The molecular formula is C30H35LiN2O5S. The largest absolute Gasteiger partial charge is 1.00 e. The number of benzene rings is 2. The third-order valence-corrected chi connectivity index (χ3v) is 7.33. The van der Waals surface area contributed by atoms with Crippen molar-refractivity contribution in [3.63, 3.8) is 0 Å². The molecule has 0 radical (unpaired) electrons. The van der Waals surface area contributed by atoms with Gasteiger partial charge in [-0.3, -0.25) is 4.21 Å². The van der Waals surface area contributed by atoms with E-state index in [9.17, 15) is 14.1 Å². The predicted octanol–water partition coefficient (Wildman–Crippen LogP) is 1.71. The van der Waals surface area contributed by atoms with Gasteiger partial charge in [0.05, 0.1) is 41.9 Å². The molecule has 9 heteroatoms. The van der Waals surface area contributed by atoms with Gasteiger partial charge in [0.1, 0.15) is 17.2 Å². The number of hydrogen-bond donors (Lipinski definition) is 1. The average molecular weight is 543 g/mol. The number of rotatable bonds is 16. The van der Waals surface area contributed by atoms with Crippen LogP contribution in [0, 0.1) is 0 Å². The number of nitrogen functional groups attached to an aromatic ring is 1. The summed E-state index contributed by atoms with van der Waals surface area (Å²) in [6.07, 6.45) is 9.95. The van der Waals surface area contributed by atoms with Gasteiger partial charge in [-0.15, -0.1) is 0 Å². The van der Waals surface area contributed by atoms with Crippen molar-refractivity contribution in [3.05, 3.63) is 83.7 Å². The molecule has 0 aliphatic rings.